The number of hydrogen-bond acceptors (Lipinski definition) is 6. The second kappa shape index (κ2) is 5.83. The van der Waals surface area contributed by atoms with Crippen LogP contribution in [0.25, 0.3) is 11.2 Å². The Hall–Kier alpha value is -1.34. The van der Waals surface area contributed by atoms with E-state index in [1.165, 1.54) is 0 Å². The van der Waals surface area contributed by atoms with E-state index in [0.717, 1.165) is 29.3 Å². The third-order valence-corrected chi connectivity index (χ3v) is 3.27. The smallest absolute Gasteiger partial charge is 0.225 e. The van der Waals surface area contributed by atoms with Gasteiger partial charge in [-0.3, -0.25) is 0 Å². The van der Waals surface area contributed by atoms with Crippen molar-refractivity contribution in [2.24, 2.45) is 0 Å². The zero-order valence-electron chi connectivity index (χ0n) is 9.86. The molecule has 0 aliphatic rings. The van der Waals surface area contributed by atoms with Crippen molar-refractivity contribution in [3.05, 3.63) is 6.33 Å². The molecular formula is C10H15N5OS. The number of ether oxygens (including phenoxy) is 1. The Kier molecular flexibility index (Phi) is 4.16. The highest BCUT2D eigenvalue weighted by Crippen LogP contribution is 2.24. The van der Waals surface area contributed by atoms with Gasteiger partial charge in [0, 0.05) is 26.5 Å². The molecule has 0 atom stereocenters. The van der Waals surface area contributed by atoms with Crippen LogP contribution in [0.15, 0.2) is 11.4 Å². The lowest BCUT2D eigenvalue weighted by molar-refractivity contribution is 0.200. The number of H-pyrrole nitrogens is 1. The maximum Gasteiger partial charge on any atom is 0.225 e. The number of nitrogens with one attached hydrogen (secondary N) is 2. The van der Waals surface area contributed by atoms with E-state index in [1.807, 2.05) is 0 Å². The molecule has 17 heavy (non-hydrogen) atoms. The largest absolute Gasteiger partial charge is 0.385 e. The fourth-order valence-electron chi connectivity index (χ4n) is 1.39. The van der Waals surface area contributed by atoms with Crippen molar-refractivity contribution in [1.82, 2.24) is 19.9 Å². The second-order valence-electron chi connectivity index (χ2n) is 3.40. The third-order valence-electron chi connectivity index (χ3n) is 2.21. The first-order chi connectivity index (χ1) is 8.35. The lowest BCUT2D eigenvalue weighted by Gasteiger charge is -2.04. The summed E-state index contributed by atoms with van der Waals surface area (Å²) in [6, 6.07) is 0. The number of methoxy groups -OCH3 is 1. The first-order valence-electron chi connectivity index (χ1n) is 5.35. The summed E-state index contributed by atoms with van der Waals surface area (Å²) in [5.74, 6) is 1.56. The van der Waals surface area contributed by atoms with Crippen LogP contribution < -0.4 is 5.32 Å². The molecule has 0 spiro atoms. The van der Waals surface area contributed by atoms with Crippen LogP contribution in [-0.4, -0.2) is 46.5 Å². The highest BCUT2D eigenvalue weighted by Gasteiger charge is 2.09. The van der Waals surface area contributed by atoms with Gasteiger partial charge in [0.1, 0.15) is 10.5 Å². The van der Waals surface area contributed by atoms with Gasteiger partial charge in [-0.15, -0.1) is 11.8 Å². The number of imidazole rings is 1. The minimum absolute atomic E-state index is 0.596. The number of nitrogens with zero attached hydrogens (tertiary/aromatic N) is 3. The van der Waals surface area contributed by atoms with Crippen molar-refractivity contribution < 1.29 is 4.74 Å². The summed E-state index contributed by atoms with van der Waals surface area (Å²) in [6.45, 7) is 0.767. The molecule has 2 heterocycles. The number of anilines is 1. The zero-order chi connectivity index (χ0) is 12.1. The van der Waals surface area contributed by atoms with E-state index in [1.54, 1.807) is 32.2 Å². The monoisotopic (exact) mass is 253 g/mol. The van der Waals surface area contributed by atoms with Crippen LogP contribution in [0.1, 0.15) is 6.42 Å². The third kappa shape index (κ3) is 2.86. The molecule has 0 unspecified atom stereocenters. The second-order valence-corrected chi connectivity index (χ2v) is 4.48. The van der Waals surface area contributed by atoms with Gasteiger partial charge in [-0.25, -0.2) is 9.97 Å². The van der Waals surface area contributed by atoms with E-state index in [0.29, 0.717) is 11.6 Å². The molecule has 7 heteroatoms. The van der Waals surface area contributed by atoms with E-state index < -0.39 is 0 Å². The van der Waals surface area contributed by atoms with E-state index in [2.05, 4.69) is 25.3 Å². The zero-order valence-corrected chi connectivity index (χ0v) is 10.7. The fraction of sp³-hybridized carbons (Fsp3) is 0.500. The van der Waals surface area contributed by atoms with Gasteiger partial charge in [-0.2, -0.15) is 4.98 Å². The summed E-state index contributed by atoms with van der Waals surface area (Å²) in [4.78, 5) is 15.9. The average Bonchev–Trinajstić information content (AvgIpc) is 2.82. The van der Waals surface area contributed by atoms with E-state index >= 15 is 0 Å². The van der Waals surface area contributed by atoms with Crippen molar-refractivity contribution >= 4 is 28.9 Å². The molecule has 0 aromatic carbocycles. The molecule has 92 valence electrons. The van der Waals surface area contributed by atoms with E-state index in [9.17, 15) is 0 Å². The lowest BCUT2D eigenvalue weighted by atomic mass is 10.5. The molecule has 2 N–H and O–H groups in total. The molecule has 0 bridgehead atoms. The Balaban J connectivity index is 2.16. The summed E-state index contributed by atoms with van der Waals surface area (Å²) >= 11 is 1.68. The van der Waals surface area contributed by atoms with Crippen LogP contribution in [0, 0.1) is 0 Å². The molecule has 0 saturated heterocycles. The van der Waals surface area contributed by atoms with Gasteiger partial charge in [-0.05, 0) is 6.42 Å². The maximum atomic E-state index is 5.02. The molecule has 0 aliphatic heterocycles. The van der Waals surface area contributed by atoms with E-state index in [4.69, 9.17) is 4.74 Å². The molecule has 6 nitrogen and oxygen atoms in total. The van der Waals surface area contributed by atoms with Crippen LogP contribution >= 0.6 is 11.8 Å². The first kappa shape index (κ1) is 12.1. The molecule has 0 saturated carbocycles. The molecule has 0 radical (unpaired) electrons. The molecule has 0 aliphatic carbocycles. The van der Waals surface area contributed by atoms with Crippen molar-refractivity contribution in [2.75, 3.05) is 31.8 Å². The Morgan fingerprint density at radius 2 is 2.35 bits per heavy atom. The van der Waals surface area contributed by atoms with Crippen LogP contribution in [0.3, 0.4) is 0 Å². The summed E-state index contributed by atoms with van der Waals surface area (Å²) in [6.07, 6.45) is 2.63. The van der Waals surface area contributed by atoms with Crippen LogP contribution in [0.2, 0.25) is 0 Å². The maximum absolute atomic E-state index is 5.02. The molecule has 0 fully saturated rings. The number of thioether (sulfide) groups is 1. The summed E-state index contributed by atoms with van der Waals surface area (Å²) in [5.41, 5.74) is 1.59. The van der Waals surface area contributed by atoms with Gasteiger partial charge in [0.25, 0.3) is 0 Å². The predicted molar refractivity (Wildman–Crippen MR) is 68.4 cm³/mol. The van der Waals surface area contributed by atoms with Crippen LogP contribution in [0.5, 0.6) is 0 Å². The minimum Gasteiger partial charge on any atom is -0.385 e. The fourth-order valence-corrected chi connectivity index (χ4v) is 2.30. The van der Waals surface area contributed by atoms with Gasteiger partial charge in [0.2, 0.25) is 5.95 Å². The molecular weight excluding hydrogens is 238 g/mol. The quantitative estimate of drug-likeness (QED) is 0.462. The predicted octanol–water partition coefficient (Wildman–Crippen LogP) is 1.52. The molecule has 2 rings (SSSR count). The van der Waals surface area contributed by atoms with Gasteiger partial charge in [-0.1, -0.05) is 0 Å². The Labute approximate surface area is 104 Å². The van der Waals surface area contributed by atoms with Crippen molar-refractivity contribution in [3.63, 3.8) is 0 Å². The van der Waals surface area contributed by atoms with Crippen LogP contribution in [0.4, 0.5) is 5.95 Å². The molecule has 2 aromatic rings. The van der Waals surface area contributed by atoms with Crippen LogP contribution in [-0.2, 0) is 4.74 Å². The summed E-state index contributed by atoms with van der Waals surface area (Å²) in [5, 5.41) is 3.86. The van der Waals surface area contributed by atoms with Gasteiger partial charge < -0.3 is 15.0 Å². The van der Waals surface area contributed by atoms with Crippen molar-refractivity contribution in [2.45, 2.75) is 11.4 Å². The Morgan fingerprint density at radius 3 is 3.12 bits per heavy atom. The number of aromatic nitrogens is 4. The summed E-state index contributed by atoms with van der Waals surface area (Å²) in [7, 11) is 3.51. The highest BCUT2D eigenvalue weighted by molar-refractivity contribution is 7.99. The highest BCUT2D eigenvalue weighted by atomic mass is 32.2. The summed E-state index contributed by atoms with van der Waals surface area (Å²) < 4.78 is 5.02. The van der Waals surface area contributed by atoms with Gasteiger partial charge in [0.15, 0.2) is 5.65 Å². The first-order valence-corrected chi connectivity index (χ1v) is 6.34. The molecule has 2 aromatic heterocycles. The number of hydrogen-bond donors (Lipinski definition) is 2. The molecule has 0 amide bonds. The number of rotatable bonds is 6. The Bertz CT molecular complexity index is 487. The standard InChI is InChI=1S/C10H15N5OS/c1-11-10-14-8-7(12-6-13-8)9(15-10)17-5-3-4-16-2/h6H,3-5H2,1-2H3,(H2,11,12,13,14,15). The number of aromatic amines is 1. The lowest BCUT2D eigenvalue weighted by Crippen LogP contribution is -1.99. The Morgan fingerprint density at radius 1 is 1.47 bits per heavy atom. The van der Waals surface area contributed by atoms with Gasteiger partial charge in [0.05, 0.1) is 6.33 Å². The minimum atomic E-state index is 0.596. The van der Waals surface area contributed by atoms with Crippen molar-refractivity contribution in [3.8, 4) is 0 Å². The average molecular weight is 253 g/mol. The number of fused-ring (bicyclic) bond motifs is 1. The normalized spacial score (nSPS) is 10.9. The van der Waals surface area contributed by atoms with Gasteiger partial charge >= 0.3 is 0 Å². The van der Waals surface area contributed by atoms with E-state index in [-0.39, 0.29) is 0 Å². The SMILES string of the molecule is CNc1nc(SCCCOC)c2[nH]cnc2n1. The van der Waals surface area contributed by atoms with Crippen molar-refractivity contribution in [1.29, 1.82) is 0 Å². The topological polar surface area (TPSA) is 75.7 Å².